The summed E-state index contributed by atoms with van der Waals surface area (Å²) in [6.45, 7) is 3.27. The van der Waals surface area contributed by atoms with Crippen LogP contribution in [0.4, 0.5) is 10.1 Å². The molecule has 1 heterocycles. The molecule has 0 bridgehead atoms. The van der Waals surface area contributed by atoms with Gasteiger partial charge < -0.3 is 14.6 Å². The average molecular weight is 417 g/mol. The number of aryl methyl sites for hydroxylation is 1. The highest BCUT2D eigenvalue weighted by molar-refractivity contribution is 6.31. The Morgan fingerprint density at radius 2 is 1.79 bits per heavy atom. The van der Waals surface area contributed by atoms with Gasteiger partial charge in [0.15, 0.2) is 5.75 Å². The molecule has 1 aromatic heterocycles. The highest BCUT2D eigenvalue weighted by atomic mass is 35.5. The molecule has 0 aliphatic carbocycles. The number of rotatable bonds is 4. The lowest BCUT2D eigenvalue weighted by molar-refractivity contribution is -0.137. The van der Waals surface area contributed by atoms with E-state index in [1.807, 2.05) is 0 Å². The van der Waals surface area contributed by atoms with Gasteiger partial charge in [-0.15, -0.1) is 0 Å². The first kappa shape index (κ1) is 20.5. The van der Waals surface area contributed by atoms with Crippen molar-refractivity contribution in [3.63, 3.8) is 0 Å². The summed E-state index contributed by atoms with van der Waals surface area (Å²) < 4.78 is 19.9. The molecular weight excluding hydrogens is 399 g/mol. The largest absolute Gasteiger partial charge is 0.425 e. The number of nitrogens with zero attached hydrogens (tertiary/aromatic N) is 1. The maximum absolute atomic E-state index is 13.1. The lowest BCUT2D eigenvalue weighted by Crippen LogP contribution is -2.30. The molecule has 0 fully saturated rings. The minimum atomic E-state index is -0.786. The molecule has 0 aliphatic rings. The van der Waals surface area contributed by atoms with Crippen LogP contribution in [0.1, 0.15) is 24.2 Å². The van der Waals surface area contributed by atoms with E-state index in [9.17, 15) is 18.8 Å². The third-order valence-corrected chi connectivity index (χ3v) is 4.55. The van der Waals surface area contributed by atoms with Crippen molar-refractivity contribution in [1.82, 2.24) is 4.57 Å². The molecule has 3 rings (SSSR count). The van der Waals surface area contributed by atoms with Crippen molar-refractivity contribution < 1.29 is 18.7 Å². The molecule has 0 saturated carbocycles. The summed E-state index contributed by atoms with van der Waals surface area (Å²) >= 11 is 6.09. The molecule has 8 heteroatoms. The van der Waals surface area contributed by atoms with Crippen LogP contribution in [0.25, 0.3) is 10.9 Å². The summed E-state index contributed by atoms with van der Waals surface area (Å²) in [5, 5.41) is 3.23. The molecule has 2 aromatic carbocycles. The number of halogens is 2. The molecule has 0 atom stereocenters. The fourth-order valence-corrected chi connectivity index (χ4v) is 2.92. The zero-order valence-electron chi connectivity index (χ0n) is 16.0. The summed E-state index contributed by atoms with van der Waals surface area (Å²) in [7, 11) is 1.50. The van der Waals surface area contributed by atoms with E-state index >= 15 is 0 Å². The van der Waals surface area contributed by atoms with Gasteiger partial charge in [0.1, 0.15) is 11.4 Å². The Bertz CT molecular complexity index is 1170. The van der Waals surface area contributed by atoms with Crippen molar-refractivity contribution in [3.8, 4) is 5.75 Å². The van der Waals surface area contributed by atoms with Gasteiger partial charge >= 0.3 is 5.97 Å². The number of aromatic nitrogens is 1. The Labute approximate surface area is 170 Å². The Balaban J connectivity index is 2.21. The fourth-order valence-electron chi connectivity index (χ4n) is 2.74. The highest BCUT2D eigenvalue weighted by Gasteiger charge is 2.26. The number of fused-ring (bicyclic) bond motifs is 1. The molecule has 150 valence electrons. The number of pyridine rings is 1. The predicted molar refractivity (Wildman–Crippen MR) is 109 cm³/mol. The molecule has 1 N–H and O–H groups in total. The molecule has 0 saturated heterocycles. The lowest BCUT2D eigenvalue weighted by Gasteiger charge is -2.16. The number of benzene rings is 2. The Kier molecular flexibility index (Phi) is 5.70. The smallest absolute Gasteiger partial charge is 0.313 e. The first-order valence-electron chi connectivity index (χ1n) is 8.80. The summed E-state index contributed by atoms with van der Waals surface area (Å²) in [4.78, 5) is 38.1. The molecule has 29 heavy (non-hydrogen) atoms. The van der Waals surface area contributed by atoms with Crippen LogP contribution in [0.3, 0.4) is 0 Å². The number of carbonyl (C=O) groups is 2. The Morgan fingerprint density at radius 1 is 1.14 bits per heavy atom. The standard InChI is InChI=1S/C21H18ClFN2O4/c1-11(2)21(28)29-18-15-10-12(22)4-9-16(15)25(3)20(27)17(18)19(26)24-14-7-5-13(23)6-8-14/h4-11H,1-3H3,(H,24,26). The van der Waals surface area contributed by atoms with E-state index in [2.05, 4.69) is 5.32 Å². The van der Waals surface area contributed by atoms with Gasteiger partial charge in [0.25, 0.3) is 11.5 Å². The van der Waals surface area contributed by atoms with Crippen LogP contribution in [-0.4, -0.2) is 16.4 Å². The predicted octanol–water partition coefficient (Wildman–Crippen LogP) is 4.14. The maximum Gasteiger partial charge on any atom is 0.313 e. The number of carbonyl (C=O) groups excluding carboxylic acids is 2. The van der Waals surface area contributed by atoms with Gasteiger partial charge in [0.2, 0.25) is 0 Å². The minimum Gasteiger partial charge on any atom is -0.425 e. The minimum absolute atomic E-state index is 0.163. The Hall–Kier alpha value is -3.19. The molecular formula is C21H18ClFN2O4. The molecule has 0 radical (unpaired) electrons. The molecule has 0 aliphatic heterocycles. The fraction of sp³-hybridized carbons (Fsp3) is 0.190. The average Bonchev–Trinajstić information content (AvgIpc) is 2.67. The zero-order valence-corrected chi connectivity index (χ0v) is 16.7. The molecule has 0 spiro atoms. The van der Waals surface area contributed by atoms with Gasteiger partial charge in [-0.3, -0.25) is 14.4 Å². The maximum atomic E-state index is 13.1. The first-order chi connectivity index (χ1) is 13.7. The van der Waals surface area contributed by atoms with E-state index in [0.717, 1.165) is 0 Å². The lowest BCUT2D eigenvalue weighted by atomic mass is 10.1. The van der Waals surface area contributed by atoms with Crippen LogP contribution in [0, 0.1) is 11.7 Å². The van der Waals surface area contributed by atoms with Crippen molar-refractivity contribution >= 4 is 40.1 Å². The van der Waals surface area contributed by atoms with Gasteiger partial charge in [0.05, 0.1) is 11.4 Å². The monoisotopic (exact) mass is 416 g/mol. The zero-order chi connectivity index (χ0) is 21.3. The number of amides is 1. The van der Waals surface area contributed by atoms with Crippen LogP contribution in [-0.2, 0) is 11.8 Å². The summed E-state index contributed by atoms with van der Waals surface area (Å²) in [6.07, 6.45) is 0. The second-order valence-corrected chi connectivity index (χ2v) is 7.20. The SMILES string of the molecule is CC(C)C(=O)Oc1c(C(=O)Nc2ccc(F)cc2)c(=O)n(C)c2ccc(Cl)cc12. The van der Waals surface area contributed by atoms with Gasteiger partial charge in [-0.25, -0.2) is 4.39 Å². The van der Waals surface area contributed by atoms with Gasteiger partial charge in [-0.2, -0.15) is 0 Å². The summed E-state index contributed by atoms with van der Waals surface area (Å²) in [6, 6.07) is 9.78. The molecule has 3 aromatic rings. The second kappa shape index (κ2) is 8.05. The molecule has 1 amide bonds. The van der Waals surface area contributed by atoms with Gasteiger partial charge in [0, 0.05) is 23.1 Å². The van der Waals surface area contributed by atoms with Crippen molar-refractivity contribution in [1.29, 1.82) is 0 Å². The van der Waals surface area contributed by atoms with Crippen LogP contribution in [0.15, 0.2) is 47.3 Å². The van der Waals surface area contributed by atoms with Crippen molar-refractivity contribution in [3.05, 3.63) is 69.2 Å². The normalized spacial score (nSPS) is 11.0. The number of hydrogen-bond donors (Lipinski definition) is 1. The van der Waals surface area contributed by atoms with E-state index in [-0.39, 0.29) is 17.0 Å². The van der Waals surface area contributed by atoms with Crippen molar-refractivity contribution in [2.24, 2.45) is 13.0 Å². The first-order valence-corrected chi connectivity index (χ1v) is 9.17. The number of ether oxygens (including phenoxy) is 1. The van der Waals surface area contributed by atoms with E-state index in [0.29, 0.717) is 15.9 Å². The number of hydrogen-bond acceptors (Lipinski definition) is 4. The van der Waals surface area contributed by atoms with E-state index in [1.54, 1.807) is 26.0 Å². The second-order valence-electron chi connectivity index (χ2n) is 6.77. The molecule has 0 unspecified atom stereocenters. The number of anilines is 1. The van der Waals surface area contributed by atoms with E-state index in [4.69, 9.17) is 16.3 Å². The highest BCUT2D eigenvalue weighted by Crippen LogP contribution is 2.31. The van der Waals surface area contributed by atoms with E-state index in [1.165, 1.54) is 41.9 Å². The van der Waals surface area contributed by atoms with Gasteiger partial charge in [-0.1, -0.05) is 25.4 Å². The van der Waals surface area contributed by atoms with Gasteiger partial charge in [-0.05, 0) is 42.5 Å². The van der Waals surface area contributed by atoms with Crippen LogP contribution in [0.2, 0.25) is 5.02 Å². The molecule has 6 nitrogen and oxygen atoms in total. The van der Waals surface area contributed by atoms with Crippen molar-refractivity contribution in [2.45, 2.75) is 13.8 Å². The summed E-state index contributed by atoms with van der Waals surface area (Å²) in [5.41, 5.74) is -0.262. The quantitative estimate of drug-likeness (QED) is 0.648. The van der Waals surface area contributed by atoms with Crippen LogP contribution >= 0.6 is 11.6 Å². The summed E-state index contributed by atoms with van der Waals surface area (Å²) in [5.74, 6) is -2.50. The number of nitrogens with one attached hydrogen (secondary N) is 1. The van der Waals surface area contributed by atoms with Crippen LogP contribution in [0.5, 0.6) is 5.75 Å². The Morgan fingerprint density at radius 3 is 2.41 bits per heavy atom. The third-order valence-electron chi connectivity index (χ3n) is 4.31. The van der Waals surface area contributed by atoms with Crippen molar-refractivity contribution in [2.75, 3.05) is 5.32 Å². The number of esters is 1. The topological polar surface area (TPSA) is 77.4 Å². The van der Waals surface area contributed by atoms with E-state index < -0.39 is 29.2 Å². The third kappa shape index (κ3) is 4.14. The van der Waals surface area contributed by atoms with Crippen LogP contribution < -0.4 is 15.6 Å².